The molecule has 1 saturated carbocycles. The van der Waals surface area contributed by atoms with Crippen LogP contribution in [-0.4, -0.2) is 47.3 Å². The number of nitrogens with one attached hydrogen (secondary N) is 2. The third kappa shape index (κ3) is 5.22. The van der Waals surface area contributed by atoms with Gasteiger partial charge in [0, 0.05) is 18.3 Å². The standard InChI is InChI=1S/C14H29N3OS/c1-5-15-13(16-9-11(3)4)17-10-14(18)8-7-12(14)19-6-2/h11-12,18H,5-10H2,1-4H3,(H2,15,16,17). The minimum atomic E-state index is -0.596. The summed E-state index contributed by atoms with van der Waals surface area (Å²) in [6.45, 7) is 10.8. The summed E-state index contributed by atoms with van der Waals surface area (Å²) in [6, 6.07) is 0. The highest BCUT2D eigenvalue weighted by Gasteiger charge is 2.45. The van der Waals surface area contributed by atoms with Crippen LogP contribution in [0, 0.1) is 5.92 Å². The third-order valence-electron chi connectivity index (χ3n) is 3.34. The van der Waals surface area contributed by atoms with E-state index in [9.17, 15) is 5.11 Å². The van der Waals surface area contributed by atoms with Crippen molar-refractivity contribution in [2.75, 3.05) is 25.4 Å². The Bertz CT molecular complexity index is 296. The van der Waals surface area contributed by atoms with Crippen molar-refractivity contribution in [3.63, 3.8) is 0 Å². The summed E-state index contributed by atoms with van der Waals surface area (Å²) in [4.78, 5) is 4.54. The van der Waals surface area contributed by atoms with Crippen LogP contribution < -0.4 is 10.6 Å². The number of aliphatic imine (C=N–C) groups is 1. The maximum Gasteiger partial charge on any atom is 0.191 e. The second kappa shape index (κ2) is 8.00. The van der Waals surface area contributed by atoms with E-state index < -0.39 is 5.60 Å². The number of guanidine groups is 1. The highest BCUT2D eigenvalue weighted by molar-refractivity contribution is 8.00. The zero-order valence-electron chi connectivity index (χ0n) is 12.7. The van der Waals surface area contributed by atoms with Gasteiger partial charge >= 0.3 is 0 Å². The van der Waals surface area contributed by atoms with Gasteiger partial charge in [-0.3, -0.25) is 4.99 Å². The van der Waals surface area contributed by atoms with E-state index in [2.05, 4.69) is 43.3 Å². The molecule has 1 aliphatic carbocycles. The summed E-state index contributed by atoms with van der Waals surface area (Å²) < 4.78 is 0. The average Bonchev–Trinajstić information content (AvgIpc) is 2.37. The molecular formula is C14H29N3OS. The monoisotopic (exact) mass is 287 g/mol. The van der Waals surface area contributed by atoms with Crippen molar-refractivity contribution in [2.24, 2.45) is 10.9 Å². The van der Waals surface area contributed by atoms with Crippen LogP contribution in [0.25, 0.3) is 0 Å². The molecule has 1 aliphatic rings. The molecule has 5 heteroatoms. The zero-order chi connectivity index (χ0) is 14.3. The predicted molar refractivity (Wildman–Crippen MR) is 84.9 cm³/mol. The molecule has 0 radical (unpaired) electrons. The van der Waals surface area contributed by atoms with Crippen molar-refractivity contribution < 1.29 is 5.11 Å². The maximum absolute atomic E-state index is 10.5. The molecule has 0 saturated heterocycles. The van der Waals surface area contributed by atoms with Gasteiger partial charge in [0.25, 0.3) is 0 Å². The first-order valence-corrected chi connectivity index (χ1v) is 8.42. The number of rotatable bonds is 7. The molecule has 4 nitrogen and oxygen atoms in total. The molecule has 3 N–H and O–H groups in total. The van der Waals surface area contributed by atoms with Crippen LogP contribution in [0.3, 0.4) is 0 Å². The van der Waals surface area contributed by atoms with Crippen molar-refractivity contribution in [2.45, 2.75) is 51.4 Å². The van der Waals surface area contributed by atoms with Crippen LogP contribution in [0.1, 0.15) is 40.5 Å². The molecule has 2 atom stereocenters. The number of nitrogens with zero attached hydrogens (tertiary/aromatic N) is 1. The van der Waals surface area contributed by atoms with E-state index >= 15 is 0 Å². The van der Waals surface area contributed by atoms with Crippen molar-refractivity contribution >= 4 is 17.7 Å². The third-order valence-corrected chi connectivity index (χ3v) is 4.75. The Kier molecular flexibility index (Phi) is 7.00. The number of hydrogen-bond acceptors (Lipinski definition) is 3. The summed E-state index contributed by atoms with van der Waals surface area (Å²) in [5.74, 6) is 2.46. The fourth-order valence-corrected chi connectivity index (χ4v) is 3.26. The summed E-state index contributed by atoms with van der Waals surface area (Å²) in [5, 5.41) is 17.4. The minimum Gasteiger partial charge on any atom is -0.387 e. The Labute approximate surface area is 121 Å². The molecule has 0 bridgehead atoms. The molecule has 19 heavy (non-hydrogen) atoms. The highest BCUT2D eigenvalue weighted by atomic mass is 32.2. The van der Waals surface area contributed by atoms with Crippen LogP contribution in [0.2, 0.25) is 0 Å². The van der Waals surface area contributed by atoms with Gasteiger partial charge in [-0.05, 0) is 31.4 Å². The molecule has 2 unspecified atom stereocenters. The fourth-order valence-electron chi connectivity index (χ4n) is 2.07. The van der Waals surface area contributed by atoms with Gasteiger partial charge in [-0.2, -0.15) is 11.8 Å². The molecule has 0 aromatic heterocycles. The number of aliphatic hydroxyl groups is 1. The van der Waals surface area contributed by atoms with Crippen molar-refractivity contribution in [1.82, 2.24) is 10.6 Å². The average molecular weight is 287 g/mol. The summed E-state index contributed by atoms with van der Waals surface area (Å²) in [6.07, 6.45) is 1.98. The first-order chi connectivity index (χ1) is 9.01. The lowest BCUT2D eigenvalue weighted by molar-refractivity contribution is -0.0154. The summed E-state index contributed by atoms with van der Waals surface area (Å²) in [5.41, 5.74) is -0.596. The van der Waals surface area contributed by atoms with Crippen molar-refractivity contribution in [1.29, 1.82) is 0 Å². The number of thioether (sulfide) groups is 1. The molecule has 0 aliphatic heterocycles. The molecule has 112 valence electrons. The molecule has 0 aromatic carbocycles. The molecule has 0 heterocycles. The van der Waals surface area contributed by atoms with E-state index in [1.54, 1.807) is 0 Å². The van der Waals surface area contributed by atoms with Gasteiger partial charge in [0.2, 0.25) is 0 Å². The van der Waals surface area contributed by atoms with E-state index in [4.69, 9.17) is 0 Å². The van der Waals surface area contributed by atoms with Gasteiger partial charge in [-0.15, -0.1) is 0 Å². The second-order valence-electron chi connectivity index (χ2n) is 5.56. The molecule has 1 rings (SSSR count). The van der Waals surface area contributed by atoms with Crippen LogP contribution in [0.5, 0.6) is 0 Å². The molecule has 0 spiro atoms. The van der Waals surface area contributed by atoms with Gasteiger partial charge < -0.3 is 15.7 Å². The molecular weight excluding hydrogens is 258 g/mol. The normalized spacial score (nSPS) is 27.3. The smallest absolute Gasteiger partial charge is 0.191 e. The predicted octanol–water partition coefficient (Wildman–Crippen LogP) is 1.84. The largest absolute Gasteiger partial charge is 0.387 e. The quantitative estimate of drug-likeness (QED) is 0.494. The Morgan fingerprint density at radius 1 is 1.42 bits per heavy atom. The van der Waals surface area contributed by atoms with Crippen molar-refractivity contribution in [3.05, 3.63) is 0 Å². The van der Waals surface area contributed by atoms with E-state index in [1.807, 2.05) is 11.8 Å². The number of hydrogen-bond donors (Lipinski definition) is 3. The second-order valence-corrected chi connectivity index (χ2v) is 7.04. The molecule has 1 fully saturated rings. The topological polar surface area (TPSA) is 56.7 Å². The first-order valence-electron chi connectivity index (χ1n) is 7.38. The maximum atomic E-state index is 10.5. The van der Waals surface area contributed by atoms with Gasteiger partial charge in [0.1, 0.15) is 0 Å². The van der Waals surface area contributed by atoms with Crippen LogP contribution >= 0.6 is 11.8 Å². The lowest BCUT2D eigenvalue weighted by atomic mass is 9.79. The highest BCUT2D eigenvalue weighted by Crippen LogP contribution is 2.41. The minimum absolute atomic E-state index is 0.356. The van der Waals surface area contributed by atoms with Gasteiger partial charge in [0.05, 0.1) is 12.1 Å². The molecule has 0 amide bonds. The zero-order valence-corrected chi connectivity index (χ0v) is 13.5. The van der Waals surface area contributed by atoms with Gasteiger partial charge in [0.15, 0.2) is 5.96 Å². The van der Waals surface area contributed by atoms with E-state index in [0.29, 0.717) is 17.7 Å². The first kappa shape index (κ1) is 16.6. The Hall–Kier alpha value is -0.420. The Balaban J connectivity index is 2.49. The van der Waals surface area contributed by atoms with Crippen LogP contribution in [0.4, 0.5) is 0 Å². The van der Waals surface area contributed by atoms with Crippen molar-refractivity contribution in [3.8, 4) is 0 Å². The lowest BCUT2D eigenvalue weighted by Crippen LogP contribution is -2.53. The summed E-state index contributed by atoms with van der Waals surface area (Å²) >= 11 is 1.85. The Morgan fingerprint density at radius 3 is 2.63 bits per heavy atom. The molecule has 0 aromatic rings. The van der Waals surface area contributed by atoms with E-state index in [-0.39, 0.29) is 0 Å². The van der Waals surface area contributed by atoms with E-state index in [1.165, 1.54) is 0 Å². The fraction of sp³-hybridized carbons (Fsp3) is 0.929. The SMILES string of the molecule is CCNC(=NCC1(O)CCC1SCC)NCC(C)C. The van der Waals surface area contributed by atoms with Gasteiger partial charge in [-0.1, -0.05) is 20.8 Å². The van der Waals surface area contributed by atoms with Crippen LogP contribution in [-0.2, 0) is 0 Å². The Morgan fingerprint density at radius 2 is 2.16 bits per heavy atom. The van der Waals surface area contributed by atoms with E-state index in [0.717, 1.165) is 37.6 Å². The van der Waals surface area contributed by atoms with Gasteiger partial charge in [-0.25, -0.2) is 0 Å². The lowest BCUT2D eigenvalue weighted by Gasteiger charge is -2.44. The summed E-state index contributed by atoms with van der Waals surface area (Å²) in [7, 11) is 0. The van der Waals surface area contributed by atoms with Crippen LogP contribution in [0.15, 0.2) is 4.99 Å².